The zero-order chi connectivity index (χ0) is 14.3. The van der Waals surface area contributed by atoms with Crippen molar-refractivity contribution in [1.29, 1.82) is 0 Å². The summed E-state index contributed by atoms with van der Waals surface area (Å²) in [5.74, 6) is 0.589. The lowest BCUT2D eigenvalue weighted by Crippen LogP contribution is -2.27. The van der Waals surface area contributed by atoms with Gasteiger partial charge >= 0.3 is 0 Å². The normalized spacial score (nSPS) is 12.9. The van der Waals surface area contributed by atoms with Crippen molar-refractivity contribution in [3.63, 3.8) is 0 Å². The van der Waals surface area contributed by atoms with Gasteiger partial charge in [-0.1, -0.05) is 50.1 Å². The van der Waals surface area contributed by atoms with Crippen molar-refractivity contribution in [2.75, 3.05) is 19.8 Å². The van der Waals surface area contributed by atoms with Crippen LogP contribution in [0.1, 0.15) is 49.9 Å². The molecule has 1 unspecified atom stereocenters. The number of benzene rings is 1. The standard InChI is InChI=1S/C17H29NO/c1-6-7-18-17(12-19-11-13(2)3)16-9-14(4)8-15(5)10-16/h8-10,13,17-18H,6-7,11-12H2,1-5H3. The molecular weight excluding hydrogens is 234 g/mol. The molecule has 1 N–H and O–H groups in total. The molecule has 0 saturated carbocycles. The molecule has 19 heavy (non-hydrogen) atoms. The second-order valence-electron chi connectivity index (χ2n) is 5.86. The van der Waals surface area contributed by atoms with E-state index in [1.165, 1.54) is 16.7 Å². The molecule has 0 radical (unpaired) electrons. The predicted octanol–water partition coefficient (Wildman–Crippen LogP) is 4.02. The molecule has 1 rings (SSSR count). The fourth-order valence-electron chi connectivity index (χ4n) is 2.22. The molecule has 108 valence electrons. The Hall–Kier alpha value is -0.860. The van der Waals surface area contributed by atoms with E-state index < -0.39 is 0 Å². The van der Waals surface area contributed by atoms with E-state index in [-0.39, 0.29) is 0 Å². The smallest absolute Gasteiger partial charge is 0.0661 e. The lowest BCUT2D eigenvalue weighted by molar-refractivity contribution is 0.0901. The van der Waals surface area contributed by atoms with Crippen LogP contribution in [0, 0.1) is 19.8 Å². The first kappa shape index (κ1) is 16.2. The summed E-state index contributed by atoms with van der Waals surface area (Å²) < 4.78 is 5.83. The van der Waals surface area contributed by atoms with Crippen molar-refractivity contribution in [3.8, 4) is 0 Å². The van der Waals surface area contributed by atoms with Crippen molar-refractivity contribution in [1.82, 2.24) is 5.32 Å². The molecule has 0 fully saturated rings. The third-order valence-electron chi connectivity index (χ3n) is 3.02. The average molecular weight is 263 g/mol. The fraction of sp³-hybridized carbons (Fsp3) is 0.647. The minimum Gasteiger partial charge on any atom is -0.379 e. The maximum absolute atomic E-state index is 5.83. The molecule has 0 aromatic heterocycles. The van der Waals surface area contributed by atoms with Gasteiger partial charge in [-0.25, -0.2) is 0 Å². The molecule has 0 amide bonds. The third kappa shape index (κ3) is 6.22. The number of ether oxygens (including phenoxy) is 1. The molecule has 1 aromatic rings. The predicted molar refractivity (Wildman–Crippen MR) is 82.6 cm³/mol. The van der Waals surface area contributed by atoms with Crippen LogP contribution < -0.4 is 5.32 Å². The van der Waals surface area contributed by atoms with E-state index in [1.54, 1.807) is 0 Å². The molecule has 0 bridgehead atoms. The summed E-state index contributed by atoms with van der Waals surface area (Å²) in [4.78, 5) is 0. The van der Waals surface area contributed by atoms with Crippen molar-refractivity contribution >= 4 is 0 Å². The van der Waals surface area contributed by atoms with Gasteiger partial charge in [-0.05, 0) is 38.3 Å². The highest BCUT2D eigenvalue weighted by Gasteiger charge is 2.12. The number of hydrogen-bond donors (Lipinski definition) is 1. The van der Waals surface area contributed by atoms with Gasteiger partial charge in [0, 0.05) is 6.61 Å². The highest BCUT2D eigenvalue weighted by Crippen LogP contribution is 2.18. The first-order valence-electron chi connectivity index (χ1n) is 7.42. The summed E-state index contributed by atoms with van der Waals surface area (Å²) in [6, 6.07) is 7.05. The number of nitrogens with one attached hydrogen (secondary N) is 1. The monoisotopic (exact) mass is 263 g/mol. The molecule has 2 heteroatoms. The van der Waals surface area contributed by atoms with Gasteiger partial charge in [-0.2, -0.15) is 0 Å². The second-order valence-corrected chi connectivity index (χ2v) is 5.86. The Morgan fingerprint density at radius 3 is 2.21 bits per heavy atom. The molecule has 2 nitrogen and oxygen atoms in total. The van der Waals surface area contributed by atoms with Crippen LogP contribution in [0.5, 0.6) is 0 Å². The van der Waals surface area contributed by atoms with E-state index >= 15 is 0 Å². The molecule has 0 saturated heterocycles. The lowest BCUT2D eigenvalue weighted by atomic mass is 10.0. The summed E-state index contributed by atoms with van der Waals surface area (Å²) in [6.07, 6.45) is 1.14. The first-order valence-corrected chi connectivity index (χ1v) is 7.42. The van der Waals surface area contributed by atoms with Gasteiger partial charge in [0.15, 0.2) is 0 Å². The highest BCUT2D eigenvalue weighted by molar-refractivity contribution is 5.30. The molecule has 0 aliphatic carbocycles. The zero-order valence-electron chi connectivity index (χ0n) is 13.1. The van der Waals surface area contributed by atoms with E-state index in [0.717, 1.165) is 26.2 Å². The molecule has 0 spiro atoms. The van der Waals surface area contributed by atoms with Gasteiger partial charge in [-0.3, -0.25) is 0 Å². The van der Waals surface area contributed by atoms with Crippen molar-refractivity contribution in [2.45, 2.75) is 47.1 Å². The fourth-order valence-corrected chi connectivity index (χ4v) is 2.22. The SMILES string of the molecule is CCCNC(COCC(C)C)c1cc(C)cc(C)c1. The Balaban J connectivity index is 2.71. The van der Waals surface area contributed by atoms with Crippen LogP contribution >= 0.6 is 0 Å². The molecule has 0 heterocycles. The van der Waals surface area contributed by atoms with Gasteiger partial charge in [0.1, 0.15) is 0 Å². The summed E-state index contributed by atoms with van der Waals surface area (Å²) in [6.45, 7) is 13.5. The molecule has 0 aliphatic heterocycles. The Morgan fingerprint density at radius 2 is 1.68 bits per heavy atom. The van der Waals surface area contributed by atoms with Gasteiger partial charge < -0.3 is 10.1 Å². The summed E-state index contributed by atoms with van der Waals surface area (Å²) in [5, 5.41) is 3.59. The average Bonchev–Trinajstić information content (AvgIpc) is 2.31. The second kappa shape index (κ2) is 8.34. The quantitative estimate of drug-likeness (QED) is 0.765. The van der Waals surface area contributed by atoms with E-state index in [1.807, 2.05) is 0 Å². The Morgan fingerprint density at radius 1 is 1.05 bits per heavy atom. The first-order chi connectivity index (χ1) is 9.02. The topological polar surface area (TPSA) is 21.3 Å². The maximum atomic E-state index is 5.83. The van der Waals surface area contributed by atoms with Gasteiger partial charge in [-0.15, -0.1) is 0 Å². The van der Waals surface area contributed by atoms with Gasteiger partial charge in [0.2, 0.25) is 0 Å². The Bertz CT molecular complexity index is 353. The molecule has 0 aliphatic rings. The van der Waals surface area contributed by atoms with Gasteiger partial charge in [0.05, 0.1) is 12.6 Å². The van der Waals surface area contributed by atoms with Crippen LogP contribution in [0.3, 0.4) is 0 Å². The van der Waals surface area contributed by atoms with Crippen molar-refractivity contribution in [3.05, 3.63) is 34.9 Å². The number of rotatable bonds is 8. The number of aryl methyl sites for hydroxylation is 2. The van der Waals surface area contributed by atoms with Crippen LogP contribution in [-0.2, 0) is 4.74 Å². The van der Waals surface area contributed by atoms with Crippen LogP contribution in [0.15, 0.2) is 18.2 Å². The van der Waals surface area contributed by atoms with E-state index in [0.29, 0.717) is 12.0 Å². The third-order valence-corrected chi connectivity index (χ3v) is 3.02. The summed E-state index contributed by atoms with van der Waals surface area (Å²) in [7, 11) is 0. The maximum Gasteiger partial charge on any atom is 0.0661 e. The lowest BCUT2D eigenvalue weighted by Gasteiger charge is -2.21. The summed E-state index contributed by atoms with van der Waals surface area (Å²) >= 11 is 0. The minimum atomic E-state index is 0.303. The van der Waals surface area contributed by atoms with Crippen LogP contribution in [0.25, 0.3) is 0 Å². The molecule has 1 aromatic carbocycles. The Kier molecular flexibility index (Phi) is 7.11. The van der Waals surface area contributed by atoms with E-state index in [2.05, 4.69) is 58.1 Å². The Labute approximate surface area is 118 Å². The van der Waals surface area contributed by atoms with Crippen LogP contribution in [0.4, 0.5) is 0 Å². The molecule has 1 atom stereocenters. The van der Waals surface area contributed by atoms with Crippen molar-refractivity contribution < 1.29 is 4.74 Å². The molecular formula is C17H29NO. The largest absolute Gasteiger partial charge is 0.379 e. The van der Waals surface area contributed by atoms with Crippen LogP contribution in [-0.4, -0.2) is 19.8 Å². The van der Waals surface area contributed by atoms with Crippen molar-refractivity contribution in [2.24, 2.45) is 5.92 Å². The number of hydrogen-bond acceptors (Lipinski definition) is 2. The van der Waals surface area contributed by atoms with Crippen LogP contribution in [0.2, 0.25) is 0 Å². The zero-order valence-corrected chi connectivity index (χ0v) is 13.1. The highest BCUT2D eigenvalue weighted by atomic mass is 16.5. The van der Waals surface area contributed by atoms with Gasteiger partial charge in [0.25, 0.3) is 0 Å². The van der Waals surface area contributed by atoms with E-state index in [9.17, 15) is 0 Å². The summed E-state index contributed by atoms with van der Waals surface area (Å²) in [5.41, 5.74) is 3.99. The van der Waals surface area contributed by atoms with E-state index in [4.69, 9.17) is 4.74 Å². The minimum absolute atomic E-state index is 0.303.